The third-order valence-corrected chi connectivity index (χ3v) is 3.69. The molecule has 1 heterocycles. The van der Waals surface area contributed by atoms with E-state index in [0.29, 0.717) is 27.7 Å². The van der Waals surface area contributed by atoms with Crippen molar-refractivity contribution in [1.29, 1.82) is 0 Å². The van der Waals surface area contributed by atoms with Crippen molar-refractivity contribution >= 4 is 15.9 Å². The van der Waals surface area contributed by atoms with E-state index in [0.717, 1.165) is 12.8 Å². The Balaban J connectivity index is 1.92. The molecule has 1 aromatic heterocycles. The molecule has 0 aliphatic heterocycles. The molecule has 0 bridgehead atoms. The van der Waals surface area contributed by atoms with E-state index in [1.54, 1.807) is 6.07 Å². The van der Waals surface area contributed by atoms with Gasteiger partial charge in [0.1, 0.15) is 5.82 Å². The van der Waals surface area contributed by atoms with Gasteiger partial charge in [-0.3, -0.25) is 0 Å². The zero-order valence-electron chi connectivity index (χ0n) is 9.44. The highest BCUT2D eigenvalue weighted by molar-refractivity contribution is 9.10. The fourth-order valence-corrected chi connectivity index (χ4v) is 2.33. The normalized spacial score (nSPS) is 16.8. The molecular weight excluding hydrogens is 301 g/mol. The fourth-order valence-electron chi connectivity index (χ4n) is 1.81. The molecule has 0 spiro atoms. The van der Waals surface area contributed by atoms with Gasteiger partial charge in [0, 0.05) is 4.47 Å². The van der Waals surface area contributed by atoms with Crippen molar-refractivity contribution in [3.8, 4) is 11.5 Å². The molecule has 18 heavy (non-hydrogen) atoms. The summed E-state index contributed by atoms with van der Waals surface area (Å²) in [6.07, 6.45) is 2.23. The first-order valence-corrected chi connectivity index (χ1v) is 6.49. The molecule has 1 aromatic carbocycles. The zero-order valence-corrected chi connectivity index (χ0v) is 11.0. The zero-order chi connectivity index (χ0) is 12.7. The summed E-state index contributed by atoms with van der Waals surface area (Å²) in [5.74, 6) is 1.02. The Bertz CT molecular complexity index is 582. The van der Waals surface area contributed by atoms with Gasteiger partial charge in [-0.15, -0.1) is 0 Å². The van der Waals surface area contributed by atoms with Crippen LogP contribution in [0.25, 0.3) is 11.5 Å². The molecule has 94 valence electrons. The molecule has 6 heteroatoms. The smallest absolute Gasteiger partial charge is 0.259 e. The first-order chi connectivity index (χ1) is 8.65. The van der Waals surface area contributed by atoms with Crippen LogP contribution in [0.1, 0.15) is 24.7 Å². The summed E-state index contributed by atoms with van der Waals surface area (Å²) in [5.41, 5.74) is 6.66. The number of halogens is 2. The predicted molar refractivity (Wildman–Crippen MR) is 67.0 cm³/mol. The van der Waals surface area contributed by atoms with Crippen molar-refractivity contribution in [1.82, 2.24) is 10.1 Å². The molecule has 1 unspecified atom stereocenters. The third-order valence-electron chi connectivity index (χ3n) is 3.03. The Morgan fingerprint density at radius 3 is 2.89 bits per heavy atom. The number of nitrogens with two attached hydrogens (primary N) is 1. The molecule has 2 aromatic rings. The number of hydrogen-bond acceptors (Lipinski definition) is 4. The average Bonchev–Trinajstić information content (AvgIpc) is 3.07. The van der Waals surface area contributed by atoms with Crippen LogP contribution in [0.5, 0.6) is 0 Å². The minimum Gasteiger partial charge on any atom is -0.334 e. The van der Waals surface area contributed by atoms with Crippen molar-refractivity contribution in [2.75, 3.05) is 0 Å². The molecular formula is C12H11BrFN3O. The molecule has 4 nitrogen and oxygen atoms in total. The van der Waals surface area contributed by atoms with Crippen LogP contribution >= 0.6 is 15.9 Å². The van der Waals surface area contributed by atoms with Gasteiger partial charge in [0.25, 0.3) is 5.89 Å². The molecule has 0 saturated heterocycles. The maximum Gasteiger partial charge on any atom is 0.259 e. The summed E-state index contributed by atoms with van der Waals surface area (Å²) in [6, 6.07) is 4.14. The lowest BCUT2D eigenvalue weighted by Gasteiger charge is -2.02. The Kier molecular flexibility index (Phi) is 2.91. The van der Waals surface area contributed by atoms with Crippen molar-refractivity contribution in [2.24, 2.45) is 11.7 Å². The minimum atomic E-state index is -0.319. The summed E-state index contributed by atoms with van der Waals surface area (Å²) < 4.78 is 18.8. The van der Waals surface area contributed by atoms with Crippen LogP contribution in [-0.4, -0.2) is 10.1 Å². The van der Waals surface area contributed by atoms with Gasteiger partial charge in [-0.05, 0) is 52.9 Å². The van der Waals surface area contributed by atoms with E-state index in [-0.39, 0.29) is 11.9 Å². The van der Waals surface area contributed by atoms with Gasteiger partial charge >= 0.3 is 0 Å². The van der Waals surface area contributed by atoms with Crippen LogP contribution in [-0.2, 0) is 0 Å². The van der Waals surface area contributed by atoms with Gasteiger partial charge in [-0.1, -0.05) is 5.16 Å². The monoisotopic (exact) mass is 311 g/mol. The first-order valence-electron chi connectivity index (χ1n) is 5.70. The van der Waals surface area contributed by atoms with Gasteiger partial charge in [0.05, 0.1) is 11.6 Å². The van der Waals surface area contributed by atoms with E-state index in [1.807, 2.05) is 0 Å². The molecule has 3 rings (SSSR count). The van der Waals surface area contributed by atoms with Crippen molar-refractivity contribution in [3.63, 3.8) is 0 Å². The molecule has 0 amide bonds. The van der Waals surface area contributed by atoms with Crippen molar-refractivity contribution in [2.45, 2.75) is 18.9 Å². The second-order valence-electron chi connectivity index (χ2n) is 4.45. The quantitative estimate of drug-likeness (QED) is 0.946. The van der Waals surface area contributed by atoms with Gasteiger partial charge in [-0.2, -0.15) is 4.98 Å². The standard InChI is InChI=1S/C12H11BrFN3O/c13-9-5-7(14)3-4-8(9)12-16-11(17-18-12)10(15)6-1-2-6/h3-6,10H,1-2,15H2. The number of hydrogen-bond donors (Lipinski definition) is 1. The minimum absolute atomic E-state index is 0.165. The van der Waals surface area contributed by atoms with E-state index < -0.39 is 0 Å². The number of rotatable bonds is 3. The lowest BCUT2D eigenvalue weighted by molar-refractivity contribution is 0.411. The largest absolute Gasteiger partial charge is 0.334 e. The maximum atomic E-state index is 13.0. The first kappa shape index (κ1) is 11.8. The van der Waals surface area contributed by atoms with Crippen LogP contribution in [0.15, 0.2) is 27.2 Å². The van der Waals surface area contributed by atoms with E-state index >= 15 is 0 Å². The van der Waals surface area contributed by atoms with E-state index in [1.165, 1.54) is 12.1 Å². The fraction of sp³-hybridized carbons (Fsp3) is 0.333. The molecule has 1 aliphatic rings. The summed E-state index contributed by atoms with van der Waals surface area (Å²) in [4.78, 5) is 4.28. The third kappa shape index (κ3) is 2.18. The lowest BCUT2D eigenvalue weighted by Crippen LogP contribution is -2.13. The van der Waals surface area contributed by atoms with Crippen LogP contribution in [0.4, 0.5) is 4.39 Å². The van der Waals surface area contributed by atoms with Crippen molar-refractivity contribution < 1.29 is 8.91 Å². The molecule has 1 atom stereocenters. The highest BCUT2D eigenvalue weighted by atomic mass is 79.9. The highest BCUT2D eigenvalue weighted by Gasteiger charge is 2.32. The van der Waals surface area contributed by atoms with E-state index in [4.69, 9.17) is 10.3 Å². The van der Waals surface area contributed by atoms with E-state index in [2.05, 4.69) is 26.1 Å². The predicted octanol–water partition coefficient (Wildman–Crippen LogP) is 3.05. The molecule has 1 aliphatic carbocycles. The SMILES string of the molecule is NC(c1noc(-c2ccc(F)cc2Br)n1)C1CC1. The van der Waals surface area contributed by atoms with Crippen LogP contribution in [0.3, 0.4) is 0 Å². The summed E-state index contributed by atoms with van der Waals surface area (Å²) >= 11 is 3.27. The van der Waals surface area contributed by atoms with Gasteiger partial charge in [0.2, 0.25) is 0 Å². The summed E-state index contributed by atoms with van der Waals surface area (Å²) in [6.45, 7) is 0. The number of aromatic nitrogens is 2. The molecule has 2 N–H and O–H groups in total. The van der Waals surface area contributed by atoms with Crippen LogP contribution < -0.4 is 5.73 Å². The summed E-state index contributed by atoms with van der Waals surface area (Å²) in [5, 5.41) is 3.89. The Hall–Kier alpha value is -1.27. The van der Waals surface area contributed by atoms with Gasteiger partial charge in [-0.25, -0.2) is 4.39 Å². The Labute approximate surface area is 112 Å². The second kappa shape index (κ2) is 4.44. The Morgan fingerprint density at radius 2 is 2.22 bits per heavy atom. The molecule has 1 saturated carbocycles. The maximum absolute atomic E-state index is 13.0. The molecule has 1 fully saturated rings. The average molecular weight is 312 g/mol. The molecule has 0 radical (unpaired) electrons. The van der Waals surface area contributed by atoms with Gasteiger partial charge < -0.3 is 10.3 Å². The summed E-state index contributed by atoms with van der Waals surface area (Å²) in [7, 11) is 0. The van der Waals surface area contributed by atoms with Crippen molar-refractivity contribution in [3.05, 3.63) is 34.3 Å². The van der Waals surface area contributed by atoms with E-state index in [9.17, 15) is 4.39 Å². The van der Waals surface area contributed by atoms with Gasteiger partial charge in [0.15, 0.2) is 5.82 Å². The number of benzene rings is 1. The number of nitrogens with zero attached hydrogens (tertiary/aromatic N) is 2. The second-order valence-corrected chi connectivity index (χ2v) is 5.30. The lowest BCUT2D eigenvalue weighted by atomic mass is 10.2. The topological polar surface area (TPSA) is 64.9 Å². The van der Waals surface area contributed by atoms with Crippen LogP contribution in [0, 0.1) is 11.7 Å². The van der Waals surface area contributed by atoms with Crippen LogP contribution in [0.2, 0.25) is 0 Å². The Morgan fingerprint density at radius 1 is 1.44 bits per heavy atom. The highest BCUT2D eigenvalue weighted by Crippen LogP contribution is 2.39.